The predicted octanol–water partition coefficient (Wildman–Crippen LogP) is 3.68. The molecular formula is C19H28IN3OS. The number of rotatable bonds is 7. The van der Waals surface area contributed by atoms with E-state index in [9.17, 15) is 5.11 Å². The fraction of sp³-hybridized carbons (Fsp3) is 0.421. The Bertz CT molecular complexity index is 639. The van der Waals surface area contributed by atoms with Crippen molar-refractivity contribution in [2.24, 2.45) is 4.99 Å². The molecule has 0 fully saturated rings. The van der Waals surface area contributed by atoms with Crippen molar-refractivity contribution < 1.29 is 5.11 Å². The van der Waals surface area contributed by atoms with E-state index in [1.54, 1.807) is 18.3 Å². The summed E-state index contributed by atoms with van der Waals surface area (Å²) < 4.78 is 0. The molecule has 6 heteroatoms. The van der Waals surface area contributed by atoms with Gasteiger partial charge in [0.15, 0.2) is 5.96 Å². The third-order valence-electron chi connectivity index (χ3n) is 3.86. The molecule has 1 aromatic carbocycles. The molecule has 2 aromatic rings. The second-order valence-corrected chi connectivity index (χ2v) is 6.92. The van der Waals surface area contributed by atoms with Crippen LogP contribution in [0.3, 0.4) is 0 Å². The number of benzene rings is 1. The van der Waals surface area contributed by atoms with E-state index in [-0.39, 0.29) is 24.0 Å². The maximum Gasteiger partial charge on any atom is 0.191 e. The van der Waals surface area contributed by atoms with Crippen LogP contribution >= 0.6 is 35.3 Å². The molecule has 2 rings (SSSR count). The molecule has 0 amide bonds. The van der Waals surface area contributed by atoms with Gasteiger partial charge in [0, 0.05) is 13.1 Å². The van der Waals surface area contributed by atoms with Gasteiger partial charge in [-0.15, -0.1) is 24.0 Å². The molecule has 0 bridgehead atoms. The molecule has 138 valence electrons. The number of thiophene rings is 1. The number of hydrogen-bond donors (Lipinski definition) is 3. The first-order valence-electron chi connectivity index (χ1n) is 8.34. The van der Waals surface area contributed by atoms with E-state index in [0.717, 1.165) is 31.0 Å². The van der Waals surface area contributed by atoms with Crippen LogP contribution in [0.15, 0.2) is 46.1 Å². The lowest BCUT2D eigenvalue weighted by Gasteiger charge is -2.21. The fourth-order valence-electron chi connectivity index (χ4n) is 2.32. The van der Waals surface area contributed by atoms with Crippen molar-refractivity contribution in [2.75, 3.05) is 19.6 Å². The van der Waals surface area contributed by atoms with Crippen LogP contribution in [0.1, 0.15) is 30.5 Å². The zero-order valence-corrected chi connectivity index (χ0v) is 18.2. The average Bonchev–Trinajstić information content (AvgIpc) is 3.10. The van der Waals surface area contributed by atoms with Crippen LogP contribution in [-0.4, -0.2) is 30.7 Å². The molecule has 0 saturated heterocycles. The van der Waals surface area contributed by atoms with Crippen molar-refractivity contribution in [3.8, 4) is 0 Å². The van der Waals surface area contributed by atoms with Crippen LogP contribution < -0.4 is 10.6 Å². The lowest BCUT2D eigenvalue weighted by molar-refractivity contribution is 0.0677. The Morgan fingerprint density at radius 1 is 1.20 bits per heavy atom. The summed E-state index contributed by atoms with van der Waals surface area (Å²) in [5, 5.41) is 21.1. The van der Waals surface area contributed by atoms with Crippen LogP contribution in [0, 0.1) is 6.92 Å². The first-order valence-corrected chi connectivity index (χ1v) is 9.28. The zero-order chi connectivity index (χ0) is 17.4. The smallest absolute Gasteiger partial charge is 0.191 e. The van der Waals surface area contributed by atoms with Crippen molar-refractivity contribution in [1.29, 1.82) is 0 Å². The van der Waals surface area contributed by atoms with Gasteiger partial charge in [0.1, 0.15) is 5.60 Å². The van der Waals surface area contributed by atoms with Gasteiger partial charge < -0.3 is 15.7 Å². The van der Waals surface area contributed by atoms with Gasteiger partial charge in [0.2, 0.25) is 0 Å². The quantitative estimate of drug-likeness (QED) is 0.327. The van der Waals surface area contributed by atoms with Gasteiger partial charge in [-0.05, 0) is 55.1 Å². The molecule has 3 N–H and O–H groups in total. The molecule has 1 aromatic heterocycles. The molecular weight excluding hydrogens is 445 g/mol. The van der Waals surface area contributed by atoms with Gasteiger partial charge in [-0.1, -0.05) is 29.8 Å². The highest BCUT2D eigenvalue weighted by atomic mass is 127. The van der Waals surface area contributed by atoms with E-state index in [1.165, 1.54) is 11.1 Å². The molecule has 0 aliphatic heterocycles. The Morgan fingerprint density at radius 2 is 1.92 bits per heavy atom. The minimum absolute atomic E-state index is 0. The molecule has 4 nitrogen and oxygen atoms in total. The monoisotopic (exact) mass is 473 g/mol. The van der Waals surface area contributed by atoms with Crippen molar-refractivity contribution in [3.63, 3.8) is 0 Å². The standard InChI is InChI=1S/C19H27N3OS.HI/c1-4-20-18(21-11-9-16-7-5-15(2)6-8-16)22-14-19(3,23)17-10-12-24-13-17;/h5-8,10,12-13,23H,4,9,11,14H2,1-3H3,(H2,20,21,22);1H. The molecule has 0 aliphatic rings. The van der Waals surface area contributed by atoms with Gasteiger partial charge in [0.25, 0.3) is 0 Å². The molecule has 25 heavy (non-hydrogen) atoms. The summed E-state index contributed by atoms with van der Waals surface area (Å²) in [4.78, 5) is 4.54. The Hall–Kier alpha value is -1.12. The summed E-state index contributed by atoms with van der Waals surface area (Å²) in [6.07, 6.45) is 0.936. The molecule has 1 unspecified atom stereocenters. The third kappa shape index (κ3) is 7.33. The molecule has 0 saturated carbocycles. The predicted molar refractivity (Wildman–Crippen MR) is 118 cm³/mol. The van der Waals surface area contributed by atoms with Gasteiger partial charge in [-0.2, -0.15) is 11.3 Å². The van der Waals surface area contributed by atoms with E-state index in [0.29, 0.717) is 6.54 Å². The van der Waals surface area contributed by atoms with E-state index in [4.69, 9.17) is 0 Å². The number of aliphatic hydroxyl groups is 1. The van der Waals surface area contributed by atoms with Gasteiger partial charge in [-0.3, -0.25) is 0 Å². The second-order valence-electron chi connectivity index (χ2n) is 6.14. The average molecular weight is 473 g/mol. The lowest BCUT2D eigenvalue weighted by atomic mass is 10.00. The largest absolute Gasteiger partial charge is 0.383 e. The molecule has 0 spiro atoms. The van der Waals surface area contributed by atoms with Crippen LogP contribution in [0.25, 0.3) is 0 Å². The van der Waals surface area contributed by atoms with E-state index >= 15 is 0 Å². The zero-order valence-electron chi connectivity index (χ0n) is 15.1. The highest BCUT2D eigenvalue weighted by molar-refractivity contribution is 14.0. The van der Waals surface area contributed by atoms with Gasteiger partial charge in [0.05, 0.1) is 6.54 Å². The van der Waals surface area contributed by atoms with Gasteiger partial charge in [-0.25, -0.2) is 4.99 Å². The summed E-state index contributed by atoms with van der Waals surface area (Å²) in [6.45, 7) is 7.84. The summed E-state index contributed by atoms with van der Waals surface area (Å²) >= 11 is 1.58. The normalized spacial score (nSPS) is 13.7. The Balaban J connectivity index is 0.00000312. The summed E-state index contributed by atoms with van der Waals surface area (Å²) in [5.41, 5.74) is 2.54. The van der Waals surface area contributed by atoms with Crippen LogP contribution in [0.2, 0.25) is 0 Å². The third-order valence-corrected chi connectivity index (χ3v) is 4.54. The number of nitrogens with zero attached hydrogens (tertiary/aromatic N) is 1. The molecule has 1 heterocycles. The summed E-state index contributed by atoms with van der Waals surface area (Å²) in [7, 11) is 0. The number of aliphatic imine (C=N–C) groups is 1. The number of halogens is 1. The number of hydrogen-bond acceptors (Lipinski definition) is 3. The van der Waals surface area contributed by atoms with Crippen molar-refractivity contribution >= 4 is 41.3 Å². The summed E-state index contributed by atoms with van der Waals surface area (Å²) in [6, 6.07) is 10.5. The first kappa shape index (κ1) is 21.9. The SMILES string of the molecule is CCNC(=NCC(C)(O)c1ccsc1)NCCc1ccc(C)cc1.I. The minimum atomic E-state index is -0.945. The van der Waals surface area contributed by atoms with Crippen LogP contribution in [0.4, 0.5) is 0 Å². The fourth-order valence-corrected chi connectivity index (χ4v) is 3.10. The number of guanidine groups is 1. The first-order chi connectivity index (χ1) is 11.5. The molecule has 1 atom stereocenters. The highest BCUT2D eigenvalue weighted by Gasteiger charge is 2.23. The molecule has 0 aliphatic carbocycles. The summed E-state index contributed by atoms with van der Waals surface area (Å²) in [5.74, 6) is 0.736. The van der Waals surface area contributed by atoms with Crippen LogP contribution in [-0.2, 0) is 12.0 Å². The number of nitrogens with one attached hydrogen (secondary N) is 2. The van der Waals surface area contributed by atoms with Crippen LogP contribution in [0.5, 0.6) is 0 Å². The molecule has 0 radical (unpaired) electrons. The Morgan fingerprint density at radius 3 is 2.52 bits per heavy atom. The van der Waals surface area contributed by atoms with Crippen molar-refractivity contribution in [3.05, 3.63) is 57.8 Å². The van der Waals surface area contributed by atoms with Crippen molar-refractivity contribution in [1.82, 2.24) is 10.6 Å². The lowest BCUT2D eigenvalue weighted by Crippen LogP contribution is -2.39. The minimum Gasteiger partial charge on any atom is -0.383 e. The second kappa shape index (κ2) is 10.8. The van der Waals surface area contributed by atoms with Crippen molar-refractivity contribution in [2.45, 2.75) is 32.8 Å². The Labute approximate surface area is 171 Å². The number of aryl methyl sites for hydroxylation is 1. The van der Waals surface area contributed by atoms with E-state index < -0.39 is 5.60 Å². The van der Waals surface area contributed by atoms with Gasteiger partial charge >= 0.3 is 0 Å². The highest BCUT2D eigenvalue weighted by Crippen LogP contribution is 2.23. The Kier molecular flexibility index (Phi) is 9.45. The maximum absolute atomic E-state index is 10.6. The topological polar surface area (TPSA) is 56.7 Å². The maximum atomic E-state index is 10.6. The van der Waals surface area contributed by atoms with E-state index in [1.807, 2.05) is 23.8 Å². The van der Waals surface area contributed by atoms with E-state index in [2.05, 4.69) is 46.8 Å².